The van der Waals surface area contributed by atoms with E-state index in [1.807, 2.05) is 0 Å². The fourth-order valence-electron chi connectivity index (χ4n) is 1.42. The van der Waals surface area contributed by atoms with Crippen molar-refractivity contribution in [2.75, 3.05) is 0 Å². The number of hydrogen-bond acceptors (Lipinski definition) is 2. The van der Waals surface area contributed by atoms with Gasteiger partial charge in [-0.2, -0.15) is 8.42 Å². The summed E-state index contributed by atoms with van der Waals surface area (Å²) in [7, 11) is -3.81. The van der Waals surface area contributed by atoms with Crippen molar-refractivity contribution in [1.29, 1.82) is 0 Å². The van der Waals surface area contributed by atoms with E-state index in [9.17, 15) is 8.42 Å². The molecule has 0 unspecified atom stereocenters. The van der Waals surface area contributed by atoms with Gasteiger partial charge in [0.15, 0.2) is 0 Å². The van der Waals surface area contributed by atoms with Crippen molar-refractivity contribution in [3.63, 3.8) is 0 Å². The summed E-state index contributed by atoms with van der Waals surface area (Å²) >= 11 is 11.7. The average Bonchev–Trinajstić information content (AvgIpc) is 2.39. The zero-order chi connectivity index (χ0) is 13.9. The van der Waals surface area contributed by atoms with Gasteiger partial charge >= 0.3 is 0 Å². The molecule has 0 heterocycles. The molecule has 0 aliphatic rings. The molecule has 2 rings (SSSR count). The van der Waals surface area contributed by atoms with Gasteiger partial charge < -0.3 is 0 Å². The van der Waals surface area contributed by atoms with Crippen molar-refractivity contribution in [2.24, 2.45) is 4.40 Å². The summed E-state index contributed by atoms with van der Waals surface area (Å²) in [5, 5.41) is 0.342. The molecule has 2 aromatic rings. The third-order valence-corrected chi connectivity index (χ3v) is 4.23. The second kappa shape index (κ2) is 5.74. The van der Waals surface area contributed by atoms with Gasteiger partial charge in [0.05, 0.1) is 4.90 Å². The van der Waals surface area contributed by atoms with Gasteiger partial charge in [-0.25, -0.2) is 0 Å². The number of halogens is 2. The third-order valence-electron chi connectivity index (χ3n) is 2.30. The monoisotopic (exact) mass is 313 g/mol. The molecule has 0 N–H and O–H groups in total. The van der Waals surface area contributed by atoms with E-state index < -0.39 is 10.0 Å². The van der Waals surface area contributed by atoms with E-state index >= 15 is 0 Å². The lowest BCUT2D eigenvalue weighted by Gasteiger charge is -2.01. The molecular weight excluding hydrogens is 305 g/mol. The minimum Gasteiger partial charge on any atom is -0.199 e. The molecule has 0 saturated carbocycles. The number of benzene rings is 2. The first-order valence-electron chi connectivity index (χ1n) is 5.30. The Bertz CT molecular complexity index is 712. The molecule has 0 bridgehead atoms. The van der Waals surface area contributed by atoms with E-state index in [2.05, 4.69) is 4.40 Å². The maximum atomic E-state index is 12.0. The lowest BCUT2D eigenvalue weighted by atomic mass is 10.2. The molecule has 0 spiro atoms. The highest BCUT2D eigenvalue weighted by Crippen LogP contribution is 2.17. The average molecular weight is 314 g/mol. The summed E-state index contributed by atoms with van der Waals surface area (Å²) in [6.07, 6.45) is 0. The highest BCUT2D eigenvalue weighted by atomic mass is 35.5. The summed E-state index contributed by atoms with van der Waals surface area (Å²) in [5.74, 6) is 0. The zero-order valence-electron chi connectivity index (χ0n) is 9.62. The Labute approximate surface area is 121 Å². The minimum atomic E-state index is -3.81. The van der Waals surface area contributed by atoms with Crippen LogP contribution in [0.2, 0.25) is 5.02 Å². The molecule has 0 radical (unpaired) electrons. The quantitative estimate of drug-likeness (QED) is 0.811. The minimum absolute atomic E-state index is 0.0928. The van der Waals surface area contributed by atoms with Crippen LogP contribution in [0.5, 0.6) is 0 Å². The predicted octanol–water partition coefficient (Wildman–Crippen LogP) is 3.71. The summed E-state index contributed by atoms with van der Waals surface area (Å²) in [4.78, 5) is 0.0928. The lowest BCUT2D eigenvalue weighted by molar-refractivity contribution is 0.598. The molecule has 0 aliphatic heterocycles. The first-order chi connectivity index (χ1) is 8.99. The van der Waals surface area contributed by atoms with E-state index in [-0.39, 0.29) is 10.1 Å². The molecule has 0 aliphatic carbocycles. The molecule has 0 fully saturated rings. The zero-order valence-corrected chi connectivity index (χ0v) is 12.0. The Morgan fingerprint density at radius 1 is 1.00 bits per heavy atom. The van der Waals surface area contributed by atoms with Gasteiger partial charge in [0.1, 0.15) is 5.17 Å². The molecule has 98 valence electrons. The molecule has 19 heavy (non-hydrogen) atoms. The highest BCUT2D eigenvalue weighted by Gasteiger charge is 2.13. The fourth-order valence-corrected chi connectivity index (χ4v) is 2.92. The van der Waals surface area contributed by atoms with Gasteiger partial charge in [0, 0.05) is 10.6 Å². The van der Waals surface area contributed by atoms with Crippen molar-refractivity contribution in [3.8, 4) is 0 Å². The first kappa shape index (κ1) is 14.1. The first-order valence-corrected chi connectivity index (χ1v) is 7.50. The predicted molar refractivity (Wildman–Crippen MR) is 77.5 cm³/mol. The number of nitrogens with zero attached hydrogens (tertiary/aromatic N) is 1. The Morgan fingerprint density at radius 3 is 2.32 bits per heavy atom. The molecule has 0 atom stereocenters. The molecule has 6 heteroatoms. The van der Waals surface area contributed by atoms with Crippen LogP contribution in [0.3, 0.4) is 0 Å². The van der Waals surface area contributed by atoms with Gasteiger partial charge in [0.2, 0.25) is 0 Å². The molecule has 0 amide bonds. The van der Waals surface area contributed by atoms with Gasteiger partial charge in [-0.3, -0.25) is 0 Å². The SMILES string of the molecule is O=S(=O)(/N=C(\Cl)c1cccc(Cl)c1)c1ccccc1. The van der Waals surface area contributed by atoms with E-state index in [0.29, 0.717) is 10.6 Å². The highest BCUT2D eigenvalue weighted by molar-refractivity contribution is 7.90. The maximum Gasteiger partial charge on any atom is 0.283 e. The van der Waals surface area contributed by atoms with Gasteiger partial charge in [-0.05, 0) is 24.3 Å². The van der Waals surface area contributed by atoms with Crippen LogP contribution >= 0.6 is 23.2 Å². The standard InChI is InChI=1S/C13H9Cl2NO2S/c14-11-6-4-5-10(9-11)13(15)16-19(17,18)12-7-2-1-3-8-12/h1-9H/b16-13-. The number of sulfonamides is 1. The van der Waals surface area contributed by atoms with Gasteiger partial charge in [-0.1, -0.05) is 53.5 Å². The summed E-state index contributed by atoms with van der Waals surface area (Å²) in [6, 6.07) is 14.4. The Kier molecular flexibility index (Phi) is 4.24. The second-order valence-corrected chi connectivity index (χ2v) is 6.08. The lowest BCUT2D eigenvalue weighted by Crippen LogP contribution is -2.01. The summed E-state index contributed by atoms with van der Waals surface area (Å²) < 4.78 is 27.6. The fraction of sp³-hybridized carbons (Fsp3) is 0. The van der Waals surface area contributed by atoms with Crippen molar-refractivity contribution in [2.45, 2.75) is 4.90 Å². The van der Waals surface area contributed by atoms with Gasteiger partial charge in [-0.15, -0.1) is 4.40 Å². The largest absolute Gasteiger partial charge is 0.283 e. The molecule has 2 aromatic carbocycles. The van der Waals surface area contributed by atoms with E-state index in [0.717, 1.165) is 0 Å². The van der Waals surface area contributed by atoms with E-state index in [1.54, 1.807) is 42.5 Å². The maximum absolute atomic E-state index is 12.0. The summed E-state index contributed by atoms with van der Waals surface area (Å²) in [5.41, 5.74) is 0.452. The van der Waals surface area contributed by atoms with Crippen LogP contribution in [-0.4, -0.2) is 13.6 Å². The summed E-state index contributed by atoms with van der Waals surface area (Å²) in [6.45, 7) is 0. The van der Waals surface area contributed by atoms with Crippen LogP contribution < -0.4 is 0 Å². The third kappa shape index (κ3) is 3.56. The van der Waals surface area contributed by atoms with Crippen LogP contribution in [-0.2, 0) is 10.0 Å². The number of rotatable bonds is 3. The van der Waals surface area contributed by atoms with Crippen molar-refractivity contribution < 1.29 is 8.42 Å². The van der Waals surface area contributed by atoms with Crippen LogP contribution in [0.15, 0.2) is 63.9 Å². The van der Waals surface area contributed by atoms with Crippen molar-refractivity contribution in [1.82, 2.24) is 0 Å². The smallest absolute Gasteiger partial charge is 0.199 e. The molecule has 0 aromatic heterocycles. The van der Waals surface area contributed by atoms with Crippen molar-refractivity contribution >= 4 is 38.4 Å². The van der Waals surface area contributed by atoms with Crippen LogP contribution in [0, 0.1) is 0 Å². The Hall–Kier alpha value is -1.36. The molecular formula is C13H9Cl2NO2S. The van der Waals surface area contributed by atoms with Gasteiger partial charge in [0.25, 0.3) is 10.0 Å². The van der Waals surface area contributed by atoms with Crippen LogP contribution in [0.25, 0.3) is 0 Å². The molecule has 0 saturated heterocycles. The topological polar surface area (TPSA) is 46.5 Å². The number of hydrogen-bond donors (Lipinski definition) is 0. The Morgan fingerprint density at radius 2 is 1.68 bits per heavy atom. The molecule has 3 nitrogen and oxygen atoms in total. The van der Waals surface area contributed by atoms with E-state index in [4.69, 9.17) is 23.2 Å². The second-order valence-electron chi connectivity index (χ2n) is 3.68. The van der Waals surface area contributed by atoms with Crippen LogP contribution in [0.4, 0.5) is 0 Å². The van der Waals surface area contributed by atoms with Crippen LogP contribution in [0.1, 0.15) is 5.56 Å². The Balaban J connectivity index is 2.41. The normalized spacial score (nSPS) is 12.4. The van der Waals surface area contributed by atoms with Crippen molar-refractivity contribution in [3.05, 3.63) is 65.2 Å². The van der Waals surface area contributed by atoms with E-state index in [1.165, 1.54) is 12.1 Å².